The predicted octanol–water partition coefficient (Wildman–Crippen LogP) is 6.75. The summed E-state index contributed by atoms with van der Waals surface area (Å²) in [6.45, 7) is 8.85. The van der Waals surface area contributed by atoms with E-state index in [4.69, 9.17) is 37.1 Å². The Morgan fingerprint density at radius 2 is 1.05 bits per heavy atom. The van der Waals surface area contributed by atoms with E-state index in [0.29, 0.717) is 81.4 Å². The minimum absolute atomic E-state index is 0.0284. The first-order valence-corrected chi connectivity index (χ1v) is 51.0. The number of unbranched alkanes of at least 4 members (excludes halogenated alkanes) is 14. The monoisotopic (exact) mass is 2040 g/mol. The van der Waals surface area contributed by atoms with Gasteiger partial charge in [-0.05, 0) is 226 Å². The van der Waals surface area contributed by atoms with E-state index >= 15 is 0 Å². The van der Waals surface area contributed by atoms with Crippen LogP contribution in [0.15, 0.2) is 96.1 Å². The number of aryl methyl sites for hydroxylation is 2. The molecule has 2 heterocycles. The zero-order valence-electron chi connectivity index (χ0n) is 85.9. The van der Waals surface area contributed by atoms with Gasteiger partial charge < -0.3 is 99.9 Å². The molecule has 0 spiro atoms. The Morgan fingerprint density at radius 1 is 0.517 bits per heavy atom. The summed E-state index contributed by atoms with van der Waals surface area (Å²) in [4.78, 5) is 155. The lowest BCUT2D eigenvalue weighted by molar-refractivity contribution is -0.297. The number of aliphatic hydroxyl groups excluding tert-OH is 5. The number of nitrogens with two attached hydrogens (primary N) is 4. The molecular weight excluding hydrogens is 1900 g/mol. The van der Waals surface area contributed by atoms with Gasteiger partial charge in [0.2, 0.25) is 23.6 Å². The molecule has 1 saturated heterocycles. The van der Waals surface area contributed by atoms with Crippen molar-refractivity contribution >= 4 is 76.4 Å². The minimum Gasteiger partial charge on any atom is -0.445 e. The van der Waals surface area contributed by atoms with E-state index in [1.54, 1.807) is 62.8 Å². The summed E-state index contributed by atoms with van der Waals surface area (Å²) in [6, 6.07) is 19.5. The van der Waals surface area contributed by atoms with Crippen LogP contribution < -0.4 is 60.2 Å². The number of ether oxygens (including phenoxy) is 3. The number of primary amides is 1. The first-order valence-electron chi connectivity index (χ1n) is 51.0. The van der Waals surface area contributed by atoms with Crippen molar-refractivity contribution in [1.82, 2.24) is 46.9 Å². The van der Waals surface area contributed by atoms with Gasteiger partial charge in [0.1, 0.15) is 42.9 Å². The highest BCUT2D eigenvalue weighted by atomic mass is 16.7. The Morgan fingerprint density at radius 3 is 1.62 bits per heavy atom. The van der Waals surface area contributed by atoms with Gasteiger partial charge in [-0.1, -0.05) is 195 Å². The molecule has 149 heavy (non-hydrogen) atoms. The number of carbonyl (C=O) groups excluding carboxylic acids is 11. The molecule has 8 amide bonds. The molecule has 34 heteroatoms. The topological polar surface area (TPSA) is 548 Å². The van der Waals surface area contributed by atoms with E-state index in [1.807, 2.05) is 60.7 Å². The van der Waals surface area contributed by atoms with E-state index in [0.717, 1.165) is 43.2 Å². The number of Topliss-reactive ketones (excluding diaryl/α,β-unsaturated/α-hetero) is 4. The molecule has 2 unspecified atom stereocenters. The number of urea groups is 1. The standard InChI is InChI=1S/C115H143N15O19/c1-6-9-11-13-15-17-19-21-22-23-24-25-26-27-28-29-30-31-33-35-37-39-48-63-102(136)124-96(105(138)98(133)62-47-38-36-34-32-20-18-16-14-12-10-7-2)83-147-112-108(141)107(140)106(139)101(149-112)80-122-115(146)148-82-87-65-67-91(68-66-87)123-109(142)89(60-54-73-121-114(119)145)79-100(135)104(84(4)5)127-103(137)64-49-42-52-74-130-81-92(128-129-130)69-70-93(131)77-90(75-85-55-43-40-44-56-85)111(144)126-95(76-86-57-45-41-46-58-86)99(134)78-88(59-53-72-120-113(117)118)110(143)125-94(97(132)8-3)61-50-51-71-116/h40-41,43-46,55-58,65-68,81,84,88-90,94-96,98,101,104-108,112,133,138-141H,7-8,10,12,14,16,18,20,32,34,36,38,42,47,49-54,59-62,64,69-80,82-83,116H2,1-5H3,(H,122,146)(H,123,142)(H,124,136)(H,125,143)(H,126,144)(H,127,137)(H4,117,118,120)(H3,119,121,145)/t88-,89-,90-,94+,95+,96+,98-,101?,104+,105+,106+,107+,108?,112+/m1/s1. The second kappa shape index (κ2) is 75.7. The van der Waals surface area contributed by atoms with E-state index in [1.165, 1.54) is 38.5 Å². The summed E-state index contributed by atoms with van der Waals surface area (Å²) in [7, 11) is 0. The van der Waals surface area contributed by atoms with Crippen molar-refractivity contribution in [2.45, 2.75) is 320 Å². The number of nitrogens with zero attached hydrogens (tertiary/aromatic N) is 4. The van der Waals surface area contributed by atoms with Crippen LogP contribution in [0, 0.1) is 166 Å². The highest BCUT2D eigenvalue weighted by molar-refractivity contribution is 5.98. The van der Waals surface area contributed by atoms with Gasteiger partial charge in [0.15, 0.2) is 29.6 Å². The third kappa shape index (κ3) is 54.9. The molecule has 4 aromatic rings. The Kier molecular flexibility index (Phi) is 63.3. The lowest BCUT2D eigenvalue weighted by Gasteiger charge is -2.41. The maximum atomic E-state index is 14.7. The molecule has 20 N–H and O–H groups in total. The van der Waals surface area contributed by atoms with Gasteiger partial charge in [0.05, 0.1) is 42.6 Å². The van der Waals surface area contributed by atoms with Crippen molar-refractivity contribution in [3.8, 4) is 142 Å². The fraction of sp³-hybridized carbons (Fsp3) is 0.513. The fourth-order valence-electron chi connectivity index (χ4n) is 15.8. The summed E-state index contributed by atoms with van der Waals surface area (Å²) < 4.78 is 18.8. The second-order valence-electron chi connectivity index (χ2n) is 36.2. The number of anilines is 1. The number of guanidine groups is 1. The van der Waals surface area contributed by atoms with Gasteiger partial charge >= 0.3 is 12.1 Å². The number of hydrogen-bond donors (Lipinski definition) is 16. The van der Waals surface area contributed by atoms with E-state index < -0.39 is 145 Å². The number of aliphatic imine (C=N–C) groups is 1. The molecule has 5 rings (SSSR count). The van der Waals surface area contributed by atoms with Gasteiger partial charge in [-0.3, -0.25) is 52.8 Å². The molecule has 0 aliphatic carbocycles. The zero-order valence-corrected chi connectivity index (χ0v) is 85.9. The molecule has 1 aliphatic rings. The molecule has 0 bridgehead atoms. The minimum atomic E-state index is -1.89. The highest BCUT2D eigenvalue weighted by Gasteiger charge is 2.45. The molecular formula is C115H143N15O19. The summed E-state index contributed by atoms with van der Waals surface area (Å²) in [5.74, 6) is 52.2. The molecule has 792 valence electrons. The molecule has 1 aliphatic heterocycles. The highest BCUT2D eigenvalue weighted by Crippen LogP contribution is 2.27. The first-order chi connectivity index (χ1) is 72.0. The Balaban J connectivity index is 1.12. The van der Waals surface area contributed by atoms with Crippen LogP contribution in [0.3, 0.4) is 0 Å². The average Bonchev–Trinajstić information content (AvgIpc) is 1.45. The number of aromatic nitrogens is 3. The van der Waals surface area contributed by atoms with Crippen molar-refractivity contribution in [2.75, 3.05) is 38.1 Å². The number of rotatable bonds is 66. The summed E-state index contributed by atoms with van der Waals surface area (Å²) >= 11 is 0. The summed E-state index contributed by atoms with van der Waals surface area (Å²) in [6.07, 6.45) is 6.38. The van der Waals surface area contributed by atoms with Crippen molar-refractivity contribution in [1.29, 1.82) is 0 Å². The van der Waals surface area contributed by atoms with Gasteiger partial charge in [0.25, 0.3) is 5.91 Å². The Bertz CT molecular complexity index is 5820. The van der Waals surface area contributed by atoms with Crippen LogP contribution in [0.4, 0.5) is 15.3 Å². The smallest absolute Gasteiger partial charge is 0.407 e. The number of amides is 8. The molecule has 0 saturated carbocycles. The number of aliphatic hydroxyl groups is 5. The van der Waals surface area contributed by atoms with Crippen molar-refractivity contribution in [3.05, 3.63) is 114 Å². The first kappa shape index (κ1) is 125. The van der Waals surface area contributed by atoms with Crippen LogP contribution in [0.5, 0.6) is 0 Å². The van der Waals surface area contributed by atoms with Gasteiger partial charge in [0, 0.05) is 136 Å². The number of ketones is 4. The second-order valence-corrected chi connectivity index (χ2v) is 36.2. The Labute approximate surface area is 876 Å². The number of carbonyl (C=O) groups is 11. The maximum absolute atomic E-state index is 14.7. The van der Waals surface area contributed by atoms with Gasteiger partial charge in [-0.2, -0.15) is 0 Å². The third-order valence-electron chi connectivity index (χ3n) is 23.9. The van der Waals surface area contributed by atoms with Crippen LogP contribution in [0.2, 0.25) is 0 Å². The molecule has 34 nitrogen and oxygen atoms in total. The molecule has 1 fully saturated rings. The van der Waals surface area contributed by atoms with E-state index in [-0.39, 0.29) is 133 Å². The van der Waals surface area contributed by atoms with Crippen LogP contribution in [0.1, 0.15) is 243 Å². The van der Waals surface area contributed by atoms with Crippen molar-refractivity contribution < 1.29 is 92.5 Å². The number of nitrogens with one attached hydrogen (secondary N) is 7. The summed E-state index contributed by atoms with van der Waals surface area (Å²) in [5, 5.41) is 83.5. The van der Waals surface area contributed by atoms with Crippen molar-refractivity contribution in [2.24, 2.45) is 51.6 Å². The quantitative estimate of drug-likeness (QED) is 0.00940. The third-order valence-corrected chi connectivity index (χ3v) is 23.9. The Hall–Kier alpha value is -15.0. The van der Waals surface area contributed by atoms with E-state index in [2.05, 4.69) is 202 Å². The zero-order chi connectivity index (χ0) is 108. The molecule has 14 atom stereocenters. The molecule has 3 aromatic carbocycles. The van der Waals surface area contributed by atoms with Crippen molar-refractivity contribution in [3.63, 3.8) is 0 Å². The normalized spacial score (nSPS) is 15.1. The summed E-state index contributed by atoms with van der Waals surface area (Å²) in [5.41, 5.74) is 25.1. The number of alkyl carbamates (subject to hydrolysis) is 1. The lowest BCUT2D eigenvalue weighted by atomic mass is 9.89. The molecule has 0 radical (unpaired) electrons. The fourth-order valence-corrected chi connectivity index (χ4v) is 15.8. The lowest BCUT2D eigenvalue weighted by Crippen LogP contribution is -2.61. The van der Waals surface area contributed by atoms with Crippen LogP contribution in [-0.2, 0) is 89.8 Å². The van der Waals surface area contributed by atoms with Gasteiger partial charge in [-0.25, -0.2) is 9.59 Å². The SMILES string of the molecule is CC#CC#CC#CC#CC#CC#CC#CC#CC#CC#CC#CC#CC(=O)N[C@@H](CO[C@H]1OC(CNC(=O)OCc2ccc(NC(=O)[C@H](CCCNC(N)=O)CC(=O)[C@@H](NC(=O)CCCCCn3cc(CCC(=O)C[C@@H](Cc4ccccc4)C(=O)N[C@@H](Cc4ccccc4)C(=O)C[C@@H](CCCN=C(N)N)C(=O)N[C@@H](CCCCN)C(=O)CC)nn3)C(C)C)cc2)[C@H](O)[C@H](O)C1O)[C@H](O)[C@H](O)CCCCCCCCCCCCCC. The van der Waals surface area contributed by atoms with Crippen LogP contribution >= 0.6 is 0 Å². The van der Waals surface area contributed by atoms with E-state index in [9.17, 15) is 78.3 Å². The van der Waals surface area contributed by atoms with Gasteiger partial charge in [-0.15, -0.1) is 5.10 Å². The predicted molar refractivity (Wildman–Crippen MR) is 567 cm³/mol. The van der Waals surface area contributed by atoms with Crippen LogP contribution in [-0.4, -0.2) is 211 Å². The largest absolute Gasteiger partial charge is 0.445 e. The number of hydrogen-bond acceptors (Lipinski definition) is 23. The maximum Gasteiger partial charge on any atom is 0.407 e. The molecule has 1 aromatic heterocycles. The number of benzene rings is 3. The van der Waals surface area contributed by atoms with Crippen LogP contribution in [0.25, 0.3) is 0 Å². The average molecular weight is 2040 g/mol.